The molecule has 1 aliphatic heterocycles. The van der Waals surface area contributed by atoms with Crippen LogP contribution in [0.25, 0.3) is 0 Å². The summed E-state index contributed by atoms with van der Waals surface area (Å²) in [5.74, 6) is 1.01. The van der Waals surface area contributed by atoms with E-state index in [-0.39, 0.29) is 11.7 Å². The van der Waals surface area contributed by atoms with Crippen LogP contribution in [0.5, 0.6) is 0 Å². The predicted molar refractivity (Wildman–Crippen MR) is 63.8 cm³/mol. The molecule has 2 nitrogen and oxygen atoms in total. The van der Waals surface area contributed by atoms with Crippen molar-refractivity contribution in [2.75, 3.05) is 4.43 Å². The van der Waals surface area contributed by atoms with Crippen LogP contribution in [-0.2, 0) is 4.74 Å². The van der Waals surface area contributed by atoms with Crippen LogP contribution in [0.15, 0.2) is 16.7 Å². The zero-order valence-electron chi connectivity index (χ0n) is 8.55. The molecule has 0 spiro atoms. The second kappa shape index (κ2) is 3.85. The van der Waals surface area contributed by atoms with Crippen LogP contribution in [0.2, 0.25) is 0 Å². The van der Waals surface area contributed by atoms with E-state index in [1.165, 1.54) is 5.56 Å². The molecule has 1 aliphatic rings. The van der Waals surface area contributed by atoms with Gasteiger partial charge in [0, 0.05) is 4.43 Å². The van der Waals surface area contributed by atoms with Gasteiger partial charge in [-0.15, -0.1) is 0 Å². The van der Waals surface area contributed by atoms with Crippen molar-refractivity contribution in [2.24, 2.45) is 0 Å². The van der Waals surface area contributed by atoms with Crippen molar-refractivity contribution >= 4 is 22.6 Å². The van der Waals surface area contributed by atoms with Crippen LogP contribution in [-0.4, -0.2) is 10.0 Å². The number of aryl methyl sites for hydroxylation is 1. The molecule has 14 heavy (non-hydrogen) atoms. The number of halogens is 1. The maximum absolute atomic E-state index is 6.02. The SMILES string of the molecule is Cc1ccoc1C1CCC(C)(CI)O1. The van der Waals surface area contributed by atoms with Gasteiger partial charge in [-0.05, 0) is 38.3 Å². The summed E-state index contributed by atoms with van der Waals surface area (Å²) in [6.45, 7) is 4.25. The van der Waals surface area contributed by atoms with Crippen molar-refractivity contribution in [3.63, 3.8) is 0 Å². The summed E-state index contributed by atoms with van der Waals surface area (Å²) in [6.07, 6.45) is 4.12. The first-order chi connectivity index (χ1) is 6.64. The Labute approximate surface area is 98.1 Å². The zero-order valence-corrected chi connectivity index (χ0v) is 10.7. The minimum absolute atomic E-state index is 0.0461. The fraction of sp³-hybridized carbons (Fsp3) is 0.636. The van der Waals surface area contributed by atoms with E-state index in [2.05, 4.69) is 36.4 Å². The smallest absolute Gasteiger partial charge is 0.135 e. The largest absolute Gasteiger partial charge is 0.466 e. The minimum atomic E-state index is 0.0461. The van der Waals surface area contributed by atoms with Gasteiger partial charge in [0.05, 0.1) is 11.9 Å². The molecule has 78 valence electrons. The highest BCUT2D eigenvalue weighted by atomic mass is 127. The molecule has 0 N–H and O–H groups in total. The molecule has 2 unspecified atom stereocenters. The maximum atomic E-state index is 6.02. The lowest BCUT2D eigenvalue weighted by Crippen LogP contribution is -2.24. The fourth-order valence-corrected chi connectivity index (χ4v) is 2.46. The number of hydrogen-bond acceptors (Lipinski definition) is 2. The highest BCUT2D eigenvalue weighted by Crippen LogP contribution is 2.41. The summed E-state index contributed by atoms with van der Waals surface area (Å²) >= 11 is 2.39. The lowest BCUT2D eigenvalue weighted by Gasteiger charge is -2.21. The van der Waals surface area contributed by atoms with Gasteiger partial charge in [0.15, 0.2) is 0 Å². The number of hydrogen-bond donors (Lipinski definition) is 0. The van der Waals surface area contributed by atoms with Gasteiger partial charge in [-0.25, -0.2) is 0 Å². The van der Waals surface area contributed by atoms with E-state index in [0.717, 1.165) is 23.0 Å². The number of ether oxygens (including phenoxy) is 1. The maximum Gasteiger partial charge on any atom is 0.135 e. The molecular formula is C11H15IO2. The third-order valence-electron chi connectivity index (χ3n) is 2.84. The molecule has 0 bridgehead atoms. The average molecular weight is 306 g/mol. The Morgan fingerprint density at radius 2 is 2.43 bits per heavy atom. The van der Waals surface area contributed by atoms with Crippen molar-refractivity contribution in [1.82, 2.24) is 0 Å². The normalized spacial score (nSPS) is 32.4. The molecule has 0 aromatic carbocycles. The highest BCUT2D eigenvalue weighted by Gasteiger charge is 2.37. The van der Waals surface area contributed by atoms with E-state index in [1.54, 1.807) is 6.26 Å². The molecule has 3 heteroatoms. The first-order valence-corrected chi connectivity index (χ1v) is 6.45. The molecule has 1 aromatic rings. The Kier molecular flexibility index (Phi) is 2.88. The quantitative estimate of drug-likeness (QED) is 0.615. The van der Waals surface area contributed by atoms with Crippen molar-refractivity contribution in [1.29, 1.82) is 0 Å². The van der Waals surface area contributed by atoms with Crippen molar-refractivity contribution in [3.05, 3.63) is 23.7 Å². The molecule has 2 rings (SSSR count). The van der Waals surface area contributed by atoms with E-state index in [9.17, 15) is 0 Å². The highest BCUT2D eigenvalue weighted by molar-refractivity contribution is 14.1. The van der Waals surface area contributed by atoms with Gasteiger partial charge in [0.25, 0.3) is 0 Å². The van der Waals surface area contributed by atoms with Gasteiger partial charge in [-0.2, -0.15) is 0 Å². The Morgan fingerprint density at radius 1 is 1.64 bits per heavy atom. The van der Waals surface area contributed by atoms with Crippen LogP contribution < -0.4 is 0 Å². The fourth-order valence-electron chi connectivity index (χ4n) is 1.89. The predicted octanol–water partition coefficient (Wildman–Crippen LogP) is 3.63. The molecule has 0 saturated carbocycles. The number of alkyl halides is 1. The molecule has 0 amide bonds. The monoisotopic (exact) mass is 306 g/mol. The first kappa shape index (κ1) is 10.5. The van der Waals surface area contributed by atoms with Gasteiger partial charge in [-0.3, -0.25) is 0 Å². The molecule has 2 atom stereocenters. The summed E-state index contributed by atoms with van der Waals surface area (Å²) in [5.41, 5.74) is 1.25. The van der Waals surface area contributed by atoms with E-state index in [1.807, 2.05) is 6.07 Å². The number of furan rings is 1. The molecule has 0 radical (unpaired) electrons. The first-order valence-electron chi connectivity index (χ1n) is 4.92. The Bertz CT molecular complexity index is 321. The van der Waals surface area contributed by atoms with Gasteiger partial charge in [0.2, 0.25) is 0 Å². The molecule has 1 fully saturated rings. The summed E-state index contributed by atoms with van der Waals surface area (Å²) in [4.78, 5) is 0. The van der Waals surface area contributed by atoms with Crippen LogP contribution in [0, 0.1) is 6.92 Å². The van der Waals surface area contributed by atoms with E-state index in [4.69, 9.17) is 9.15 Å². The Balaban J connectivity index is 2.13. The van der Waals surface area contributed by atoms with Crippen LogP contribution in [0.3, 0.4) is 0 Å². The second-order valence-electron chi connectivity index (χ2n) is 4.20. The molecule has 0 aliphatic carbocycles. The third-order valence-corrected chi connectivity index (χ3v) is 4.45. The second-order valence-corrected chi connectivity index (χ2v) is 4.96. The summed E-state index contributed by atoms with van der Waals surface area (Å²) < 4.78 is 12.5. The van der Waals surface area contributed by atoms with Crippen LogP contribution in [0.4, 0.5) is 0 Å². The van der Waals surface area contributed by atoms with Gasteiger partial charge in [0.1, 0.15) is 11.9 Å². The summed E-state index contributed by atoms with van der Waals surface area (Å²) in [5, 5.41) is 0. The van der Waals surface area contributed by atoms with Crippen LogP contribution >= 0.6 is 22.6 Å². The molecule has 1 saturated heterocycles. The number of rotatable bonds is 2. The zero-order chi connectivity index (χ0) is 10.2. The topological polar surface area (TPSA) is 22.4 Å². The average Bonchev–Trinajstić information content (AvgIpc) is 2.73. The van der Waals surface area contributed by atoms with E-state index in [0.29, 0.717) is 0 Å². The lowest BCUT2D eigenvalue weighted by atomic mass is 10.0. The molecular weight excluding hydrogens is 291 g/mol. The minimum Gasteiger partial charge on any atom is -0.466 e. The van der Waals surface area contributed by atoms with Crippen molar-refractivity contribution in [2.45, 2.75) is 38.4 Å². The molecule has 1 aromatic heterocycles. The van der Waals surface area contributed by atoms with Gasteiger partial charge < -0.3 is 9.15 Å². The Morgan fingerprint density at radius 3 is 2.93 bits per heavy atom. The van der Waals surface area contributed by atoms with Gasteiger partial charge in [-0.1, -0.05) is 22.6 Å². The summed E-state index contributed by atoms with van der Waals surface area (Å²) in [6, 6.07) is 2.00. The van der Waals surface area contributed by atoms with Gasteiger partial charge >= 0.3 is 0 Å². The van der Waals surface area contributed by atoms with Crippen LogP contribution in [0.1, 0.15) is 37.2 Å². The summed E-state index contributed by atoms with van der Waals surface area (Å²) in [7, 11) is 0. The lowest BCUT2D eigenvalue weighted by molar-refractivity contribution is -0.0202. The van der Waals surface area contributed by atoms with E-state index >= 15 is 0 Å². The molecule has 2 heterocycles. The van der Waals surface area contributed by atoms with Crippen molar-refractivity contribution in [3.8, 4) is 0 Å². The standard InChI is InChI=1S/C11H15IO2/c1-8-4-6-13-10(8)9-3-5-11(2,7-12)14-9/h4,6,9H,3,5,7H2,1-2H3. The van der Waals surface area contributed by atoms with E-state index < -0.39 is 0 Å². The third kappa shape index (κ3) is 1.84. The van der Waals surface area contributed by atoms with Crippen molar-refractivity contribution < 1.29 is 9.15 Å². The Hall–Kier alpha value is -0.0300.